The normalized spacial score (nSPS) is 16.2. The molecule has 0 bridgehead atoms. The maximum Gasteiger partial charge on any atom is 0.282 e. The Morgan fingerprint density at radius 2 is 1.12 bits per heavy atom. The standard InChI is InChI=1S/C30H30ClNO2.C26H25N3O4.C19H20N2O5.C19H25NO3/c1-29(2,3)23-14-20(15-24(27(23)33)30(4,5)6)16-26-32-25-18-22(31)17-21(28(25)34-26)13-12-19-10-8-7-9-11-19;1-31-22-13-12-17(15-23(22)32-18-7-2-3-8-18)16-24-28-19-10-6-11-20(25(19)33-24)29-26(30)21-9-4-5-14-27-21;1-25-17-11-10-13(12-18(17)26-14-6-2-3-7-14)20-19(22)15-8-4-5-9-16(15)21(23)24;1-22-17-7-6-14(12-18(17)23-16-4-2-3-5-16)19(13-20)10-8-15(21)9-11-19/h7-11,14-15,17-18,33H,16H2,1-6H3;4-6,9-15,18H,2-3,7-8,16H2,1H3,(H,29,30);4-5,8-12,14H,2-3,6-7H2,1H3,(H,20,22);6-7,12,15-16,21H,2-5,8-11H2,1H3. The number of oxazole rings is 2. The van der Waals surface area contributed by atoms with E-state index in [1.165, 1.54) is 43.9 Å². The predicted molar refractivity (Wildman–Crippen MR) is 449 cm³/mol. The summed E-state index contributed by atoms with van der Waals surface area (Å²) in [4.78, 5) is 48.9. The van der Waals surface area contributed by atoms with Crippen LogP contribution in [-0.4, -0.2) is 87.6 Å². The summed E-state index contributed by atoms with van der Waals surface area (Å²) in [6.45, 7) is 12.7. The second-order valence-electron chi connectivity index (χ2n) is 31.8. The zero-order valence-corrected chi connectivity index (χ0v) is 67.9. The average molecular weight is 1590 g/mol. The molecule has 0 aliphatic heterocycles. The smallest absolute Gasteiger partial charge is 0.282 e. The monoisotopic (exact) mass is 1590 g/mol. The molecule has 0 atom stereocenters. The van der Waals surface area contributed by atoms with Gasteiger partial charge in [0.1, 0.15) is 28.0 Å². The van der Waals surface area contributed by atoms with Crippen molar-refractivity contribution in [1.29, 1.82) is 5.26 Å². The zero-order valence-electron chi connectivity index (χ0n) is 67.2. The lowest BCUT2D eigenvalue weighted by Crippen LogP contribution is -2.32. The first kappa shape index (κ1) is 83.5. The summed E-state index contributed by atoms with van der Waals surface area (Å²) >= 11 is 6.36. The number of carbonyl (C=O) groups is 2. The number of ether oxygens (including phenoxy) is 6. The SMILES string of the molecule is CC(C)(C)c1cc(Cc2nc3cc(Cl)cc(C#Cc4ccccc4)c3o2)cc(C(C)(C)C)c1O.COc1ccc(C2(C#N)CCC(O)CC2)cc1OC1CCCC1.COc1ccc(Cc2nc3cccc(NC(=O)c4ccccn4)c3o2)cc1OC1CCCC1.COc1ccc(NC(=O)c2ccccc2[N+](=O)[O-])cc1OC1CCCC1. The number of rotatable bonds is 19. The van der Waals surface area contributed by atoms with E-state index in [2.05, 4.69) is 92.2 Å². The molecule has 0 unspecified atom stereocenters. The molecule has 0 radical (unpaired) electrons. The largest absolute Gasteiger partial charge is 0.507 e. The first-order valence-corrected chi connectivity index (χ1v) is 40.1. The molecule has 11 aromatic rings. The topological polar surface area (TPSA) is 286 Å². The second-order valence-corrected chi connectivity index (χ2v) is 32.2. The number of pyridine rings is 1. The van der Waals surface area contributed by atoms with Gasteiger partial charge < -0.3 is 58.1 Å². The van der Waals surface area contributed by atoms with Gasteiger partial charge >= 0.3 is 0 Å². The fraction of sp³-hybridized carbons (Fsp3) is 0.362. The Morgan fingerprint density at radius 3 is 1.70 bits per heavy atom. The van der Waals surface area contributed by atoms with Crippen molar-refractivity contribution in [3.05, 3.63) is 253 Å². The number of aromatic nitrogens is 3. The van der Waals surface area contributed by atoms with Crippen LogP contribution in [-0.2, 0) is 29.1 Å². The lowest BCUT2D eigenvalue weighted by atomic mass is 9.70. The number of hydrogen-bond acceptors (Lipinski definition) is 18. The van der Waals surface area contributed by atoms with E-state index in [-0.39, 0.29) is 52.4 Å². The second kappa shape index (κ2) is 38.0. The third-order valence-electron chi connectivity index (χ3n) is 21.2. The van der Waals surface area contributed by atoms with Gasteiger partial charge in [0.25, 0.3) is 17.5 Å². The van der Waals surface area contributed by atoms with Gasteiger partial charge in [0.2, 0.25) is 0 Å². The first-order chi connectivity index (χ1) is 55.8. The van der Waals surface area contributed by atoms with E-state index in [4.69, 9.17) is 53.8 Å². The Bertz CT molecular complexity index is 5320. The van der Waals surface area contributed by atoms with Gasteiger partial charge in [-0.3, -0.25) is 24.7 Å². The number of nitro groups is 1. The average Bonchev–Trinajstić information content (AvgIpc) is 1.28. The molecular weight excluding hydrogens is 1490 g/mol. The van der Waals surface area contributed by atoms with Crippen molar-refractivity contribution < 1.29 is 62.0 Å². The number of fused-ring (bicyclic) bond motifs is 2. The van der Waals surface area contributed by atoms with Crippen LogP contribution in [0.25, 0.3) is 22.2 Å². The zero-order chi connectivity index (χ0) is 82.1. The lowest BCUT2D eigenvalue weighted by molar-refractivity contribution is -0.385. The van der Waals surface area contributed by atoms with Gasteiger partial charge in [-0.1, -0.05) is 132 Å². The maximum absolute atomic E-state index is 12.5. The van der Waals surface area contributed by atoms with E-state index in [0.29, 0.717) is 117 Å². The Labute approximate surface area is 682 Å². The van der Waals surface area contributed by atoms with Crippen LogP contribution in [0, 0.1) is 33.3 Å². The number of anilines is 2. The summed E-state index contributed by atoms with van der Waals surface area (Å²) in [6.07, 6.45) is 19.1. The van der Waals surface area contributed by atoms with Crippen LogP contribution in [0.2, 0.25) is 5.02 Å². The van der Waals surface area contributed by atoms with Crippen LogP contribution >= 0.6 is 11.6 Å². The number of amides is 2. The van der Waals surface area contributed by atoms with Crippen LogP contribution in [0.15, 0.2) is 185 Å². The van der Waals surface area contributed by atoms with Crippen LogP contribution in [0.4, 0.5) is 17.1 Å². The van der Waals surface area contributed by atoms with E-state index < -0.39 is 16.2 Å². The van der Waals surface area contributed by atoms with E-state index in [9.17, 15) is 35.2 Å². The molecule has 3 heterocycles. The van der Waals surface area contributed by atoms with Crippen LogP contribution < -0.4 is 39.1 Å². The van der Waals surface area contributed by atoms with Gasteiger partial charge in [0, 0.05) is 47.4 Å². The van der Waals surface area contributed by atoms with Crippen molar-refractivity contribution >= 4 is 62.7 Å². The van der Waals surface area contributed by atoms with Crippen molar-refractivity contribution in [3.8, 4) is 58.2 Å². The molecule has 116 heavy (non-hydrogen) atoms. The van der Waals surface area contributed by atoms with E-state index in [0.717, 1.165) is 108 Å². The van der Waals surface area contributed by atoms with Gasteiger partial charge in [-0.2, -0.15) is 5.26 Å². The van der Waals surface area contributed by atoms with Crippen molar-refractivity contribution in [2.75, 3.05) is 32.0 Å². The minimum Gasteiger partial charge on any atom is -0.507 e. The van der Waals surface area contributed by atoms with E-state index >= 15 is 0 Å². The molecule has 4 fully saturated rings. The first-order valence-electron chi connectivity index (χ1n) is 39.7. The molecule has 4 N–H and O–H groups in total. The number of aromatic hydroxyl groups is 1. The number of aliphatic hydroxyl groups excluding tert-OH is 1. The van der Waals surface area contributed by atoms with Gasteiger partial charge in [-0.15, -0.1) is 0 Å². The van der Waals surface area contributed by atoms with Crippen LogP contribution in [0.3, 0.4) is 0 Å². The highest BCUT2D eigenvalue weighted by Gasteiger charge is 2.38. The Kier molecular flexibility index (Phi) is 27.4. The Morgan fingerprint density at radius 1 is 0.578 bits per heavy atom. The number of nitrogens with zero attached hydrogens (tertiary/aromatic N) is 5. The number of nitro benzene ring substituents is 1. The Hall–Kier alpha value is -11.9. The highest BCUT2D eigenvalue weighted by molar-refractivity contribution is 6.31. The molecule has 3 aromatic heterocycles. The molecule has 2 amide bonds. The minimum atomic E-state index is -0.572. The molecule has 22 heteroatoms. The number of carbonyl (C=O) groups excluding carboxylic acids is 2. The van der Waals surface area contributed by atoms with Crippen molar-refractivity contribution in [3.63, 3.8) is 0 Å². The van der Waals surface area contributed by atoms with Crippen LogP contribution in [0.1, 0.15) is 216 Å². The molecule has 602 valence electrons. The van der Waals surface area contributed by atoms with E-state index in [1.807, 2.05) is 84.9 Å². The van der Waals surface area contributed by atoms with E-state index in [1.54, 1.807) is 82.1 Å². The summed E-state index contributed by atoms with van der Waals surface area (Å²) < 4.78 is 46.9. The molecule has 15 rings (SSSR count). The number of halogens is 1. The number of aliphatic hydroxyl groups is 1. The number of nitriles is 1. The molecule has 8 aromatic carbocycles. The quantitative estimate of drug-likeness (QED) is 0.0332. The molecule has 0 saturated heterocycles. The molecule has 0 spiro atoms. The summed E-state index contributed by atoms with van der Waals surface area (Å²) in [5.74, 6) is 11.1. The fourth-order valence-electron chi connectivity index (χ4n) is 15.0. The third-order valence-corrected chi connectivity index (χ3v) is 21.5. The number of benzene rings is 8. The maximum atomic E-state index is 12.5. The van der Waals surface area contributed by atoms with Gasteiger partial charge in [0.15, 0.2) is 57.4 Å². The number of nitrogens with one attached hydrogen (secondary N) is 2. The third kappa shape index (κ3) is 21.3. The summed E-state index contributed by atoms with van der Waals surface area (Å²) in [6, 6.07) is 53.4. The number of para-hydroxylation sites is 2. The van der Waals surface area contributed by atoms with Crippen molar-refractivity contribution in [2.24, 2.45) is 0 Å². The molecule has 4 saturated carbocycles. The highest BCUT2D eigenvalue weighted by Crippen LogP contribution is 2.45. The summed E-state index contributed by atoms with van der Waals surface area (Å²) in [5, 5.41) is 47.8. The summed E-state index contributed by atoms with van der Waals surface area (Å²) in [5.41, 5.74) is 9.28. The van der Waals surface area contributed by atoms with Gasteiger partial charge in [-0.25, -0.2) is 9.97 Å². The fourth-order valence-corrected chi connectivity index (χ4v) is 15.2. The lowest BCUT2D eigenvalue weighted by Gasteiger charge is -2.34. The Balaban J connectivity index is 0.000000144. The van der Waals surface area contributed by atoms with Crippen molar-refractivity contribution in [1.82, 2.24) is 15.0 Å². The number of phenols is 1. The highest BCUT2D eigenvalue weighted by atomic mass is 35.5. The number of hydrogen-bond donors (Lipinski definition) is 4. The summed E-state index contributed by atoms with van der Waals surface area (Å²) in [7, 11) is 4.86. The molecular formula is C94H100ClN7O14. The number of methoxy groups -OCH3 is 3. The number of phenolic OH excluding ortho intramolecular Hbond substituents is 1. The molecule has 21 nitrogen and oxygen atoms in total. The van der Waals surface area contributed by atoms with Gasteiger partial charge in [-0.05, 0) is 232 Å². The molecule has 4 aliphatic rings. The predicted octanol–water partition coefficient (Wildman–Crippen LogP) is 21.1. The van der Waals surface area contributed by atoms with Crippen LogP contribution in [0.5, 0.6) is 40.2 Å². The minimum absolute atomic E-state index is 0.00609. The molecule has 4 aliphatic carbocycles. The van der Waals surface area contributed by atoms with Gasteiger partial charge in [0.05, 0.1) is 73.4 Å². The van der Waals surface area contributed by atoms with Crippen molar-refractivity contribution in [2.45, 2.75) is 198 Å².